The number of halogens is 5. The Bertz CT molecular complexity index is 496. The van der Waals surface area contributed by atoms with E-state index < -0.39 is 12.6 Å². The maximum Gasteiger partial charge on any atom is 0.389 e. The predicted octanol–water partition coefficient (Wildman–Crippen LogP) is 4.21. The predicted molar refractivity (Wildman–Crippen MR) is 86.0 cm³/mol. The highest BCUT2D eigenvalue weighted by Crippen LogP contribution is 2.39. The minimum absolute atomic E-state index is 0.00710. The van der Waals surface area contributed by atoms with Crippen LogP contribution in [0.25, 0.3) is 0 Å². The summed E-state index contributed by atoms with van der Waals surface area (Å²) in [5.41, 5.74) is 0.766. The second-order valence-corrected chi connectivity index (χ2v) is 7.00. The number of alkyl halides is 3. The molecule has 124 valence electrons. The highest BCUT2D eigenvalue weighted by molar-refractivity contribution is 9.11. The van der Waals surface area contributed by atoms with E-state index >= 15 is 0 Å². The van der Waals surface area contributed by atoms with Gasteiger partial charge in [-0.2, -0.15) is 13.2 Å². The van der Waals surface area contributed by atoms with Crippen molar-refractivity contribution in [1.29, 1.82) is 0 Å². The number of nitrogens with zero attached hydrogens (tertiary/aromatic N) is 1. The molecule has 1 aromatic carbocycles. The number of phenolic OH excluding ortho intramolecular Hbond substituents is 1. The van der Waals surface area contributed by atoms with Crippen molar-refractivity contribution >= 4 is 31.9 Å². The monoisotopic (exact) mass is 444 g/mol. The largest absolute Gasteiger partial charge is 0.506 e. The minimum Gasteiger partial charge on any atom is -0.506 e. The van der Waals surface area contributed by atoms with Crippen molar-refractivity contribution in [3.63, 3.8) is 0 Å². The van der Waals surface area contributed by atoms with Gasteiger partial charge in [-0.25, -0.2) is 0 Å². The Morgan fingerprint density at radius 2 is 1.73 bits per heavy atom. The van der Waals surface area contributed by atoms with E-state index in [1.807, 2.05) is 0 Å². The van der Waals surface area contributed by atoms with E-state index in [0.29, 0.717) is 22.0 Å². The lowest BCUT2D eigenvalue weighted by Crippen LogP contribution is -2.45. The van der Waals surface area contributed by atoms with Gasteiger partial charge in [0.1, 0.15) is 5.75 Å². The molecule has 1 atom stereocenters. The Kier molecular flexibility index (Phi) is 6.15. The van der Waals surface area contributed by atoms with Crippen LogP contribution in [0.4, 0.5) is 13.2 Å². The summed E-state index contributed by atoms with van der Waals surface area (Å²) in [4.78, 5) is 2.06. The van der Waals surface area contributed by atoms with Gasteiger partial charge in [0.15, 0.2) is 0 Å². The van der Waals surface area contributed by atoms with Crippen LogP contribution in [0.2, 0.25) is 0 Å². The van der Waals surface area contributed by atoms with Crippen LogP contribution in [-0.4, -0.2) is 42.4 Å². The molecule has 1 aliphatic rings. The van der Waals surface area contributed by atoms with Gasteiger partial charge in [0.2, 0.25) is 0 Å². The normalized spacial score (nSPS) is 18.4. The molecule has 0 bridgehead atoms. The van der Waals surface area contributed by atoms with Gasteiger partial charge >= 0.3 is 6.18 Å². The molecule has 8 heteroatoms. The molecule has 0 amide bonds. The second kappa shape index (κ2) is 7.51. The first-order valence-corrected chi connectivity index (χ1v) is 8.56. The number of rotatable bonds is 4. The molecule has 0 aliphatic carbocycles. The van der Waals surface area contributed by atoms with Gasteiger partial charge in [-0.05, 0) is 56.0 Å². The van der Waals surface area contributed by atoms with Gasteiger partial charge in [0, 0.05) is 38.6 Å². The molecule has 0 saturated carbocycles. The van der Waals surface area contributed by atoms with Gasteiger partial charge in [-0.15, -0.1) is 0 Å². The SMILES string of the molecule is Oc1c(Br)cc([C@@H](CCC(F)(F)F)N2CCNCC2)cc1Br. The number of nitrogens with one attached hydrogen (secondary N) is 1. The van der Waals surface area contributed by atoms with Crippen molar-refractivity contribution in [2.24, 2.45) is 0 Å². The number of phenols is 1. The standard InChI is InChI=1S/C14H17Br2F3N2O/c15-10-7-9(8-11(16)13(10)22)12(1-2-14(17,18)19)21-5-3-20-4-6-21/h7-8,12,20,22H,1-6H2/t12-/m1/s1. The van der Waals surface area contributed by atoms with Crippen LogP contribution in [0.5, 0.6) is 5.75 Å². The Balaban J connectivity index is 2.26. The lowest BCUT2D eigenvalue weighted by Gasteiger charge is -2.35. The lowest BCUT2D eigenvalue weighted by molar-refractivity contribution is -0.138. The molecule has 1 aliphatic heterocycles. The van der Waals surface area contributed by atoms with Gasteiger partial charge in [0.25, 0.3) is 0 Å². The van der Waals surface area contributed by atoms with Crippen LogP contribution in [-0.2, 0) is 0 Å². The Labute approximate surface area is 144 Å². The summed E-state index contributed by atoms with van der Waals surface area (Å²) in [6.07, 6.45) is -4.98. The van der Waals surface area contributed by atoms with Crippen molar-refractivity contribution < 1.29 is 18.3 Å². The van der Waals surface area contributed by atoms with E-state index in [9.17, 15) is 18.3 Å². The fourth-order valence-corrected chi connectivity index (χ4v) is 3.85. The molecular formula is C14H17Br2F3N2O. The summed E-state index contributed by atoms with van der Waals surface area (Å²) < 4.78 is 38.8. The van der Waals surface area contributed by atoms with Crippen molar-refractivity contribution in [3.8, 4) is 5.75 Å². The maximum absolute atomic E-state index is 12.6. The van der Waals surface area contributed by atoms with Crippen molar-refractivity contribution in [2.75, 3.05) is 26.2 Å². The molecule has 2 N–H and O–H groups in total. The minimum atomic E-state index is -4.17. The highest BCUT2D eigenvalue weighted by Gasteiger charge is 2.31. The fourth-order valence-electron chi connectivity index (χ4n) is 2.63. The number of hydrogen-bond acceptors (Lipinski definition) is 3. The molecule has 1 saturated heterocycles. The summed E-state index contributed by atoms with van der Waals surface area (Å²) in [5, 5.41) is 13.0. The molecule has 1 heterocycles. The van der Waals surface area contributed by atoms with Crippen LogP contribution in [0, 0.1) is 0 Å². The summed E-state index contributed by atoms with van der Waals surface area (Å²) in [6, 6.07) is 3.07. The molecule has 1 fully saturated rings. The Morgan fingerprint density at radius 3 is 2.23 bits per heavy atom. The summed E-state index contributed by atoms with van der Waals surface area (Å²) in [6.45, 7) is 2.95. The quantitative estimate of drug-likeness (QED) is 0.728. The molecular weight excluding hydrogens is 429 g/mol. The summed E-state index contributed by atoms with van der Waals surface area (Å²) in [7, 11) is 0. The summed E-state index contributed by atoms with van der Waals surface area (Å²) in [5.74, 6) is 0.0543. The van der Waals surface area contributed by atoms with E-state index in [2.05, 4.69) is 42.1 Å². The molecule has 1 aromatic rings. The third-order valence-electron chi connectivity index (χ3n) is 3.72. The third-order valence-corrected chi connectivity index (χ3v) is 4.93. The highest BCUT2D eigenvalue weighted by atomic mass is 79.9. The molecule has 0 aromatic heterocycles. The zero-order valence-corrected chi connectivity index (χ0v) is 14.9. The van der Waals surface area contributed by atoms with E-state index in [-0.39, 0.29) is 18.2 Å². The van der Waals surface area contributed by atoms with E-state index in [0.717, 1.165) is 18.7 Å². The molecule has 0 spiro atoms. The molecule has 0 unspecified atom stereocenters. The number of aromatic hydroxyl groups is 1. The second-order valence-electron chi connectivity index (χ2n) is 5.29. The fraction of sp³-hybridized carbons (Fsp3) is 0.571. The maximum atomic E-state index is 12.6. The van der Waals surface area contributed by atoms with Crippen LogP contribution in [0.15, 0.2) is 21.1 Å². The van der Waals surface area contributed by atoms with Crippen LogP contribution >= 0.6 is 31.9 Å². The topological polar surface area (TPSA) is 35.5 Å². The molecule has 2 rings (SSSR count). The number of hydrogen-bond donors (Lipinski definition) is 2. The zero-order valence-electron chi connectivity index (χ0n) is 11.8. The van der Waals surface area contributed by atoms with Crippen LogP contribution < -0.4 is 5.32 Å². The van der Waals surface area contributed by atoms with E-state index in [1.54, 1.807) is 12.1 Å². The average molecular weight is 446 g/mol. The first-order valence-electron chi connectivity index (χ1n) is 6.97. The average Bonchev–Trinajstić information content (AvgIpc) is 2.45. The van der Waals surface area contributed by atoms with E-state index in [4.69, 9.17) is 0 Å². The van der Waals surface area contributed by atoms with Crippen LogP contribution in [0.1, 0.15) is 24.4 Å². The van der Waals surface area contributed by atoms with Crippen molar-refractivity contribution in [2.45, 2.75) is 25.1 Å². The zero-order chi connectivity index (χ0) is 16.3. The first kappa shape index (κ1) is 18.0. The number of piperazine rings is 1. The van der Waals surface area contributed by atoms with Crippen molar-refractivity contribution in [1.82, 2.24) is 10.2 Å². The van der Waals surface area contributed by atoms with Crippen molar-refractivity contribution in [3.05, 3.63) is 26.6 Å². The smallest absolute Gasteiger partial charge is 0.389 e. The van der Waals surface area contributed by atoms with Gasteiger partial charge in [-0.1, -0.05) is 0 Å². The van der Waals surface area contributed by atoms with Gasteiger partial charge in [-0.3, -0.25) is 4.90 Å². The molecule has 3 nitrogen and oxygen atoms in total. The van der Waals surface area contributed by atoms with E-state index in [1.165, 1.54) is 0 Å². The van der Waals surface area contributed by atoms with Gasteiger partial charge in [0.05, 0.1) is 8.95 Å². The number of benzene rings is 1. The summed E-state index contributed by atoms with van der Waals surface area (Å²) >= 11 is 6.49. The Morgan fingerprint density at radius 1 is 1.18 bits per heavy atom. The Hall–Kier alpha value is -0.310. The first-order chi connectivity index (χ1) is 10.3. The molecule has 22 heavy (non-hydrogen) atoms. The van der Waals surface area contributed by atoms with Crippen LogP contribution in [0.3, 0.4) is 0 Å². The molecule has 0 radical (unpaired) electrons. The third kappa shape index (κ3) is 4.84. The lowest BCUT2D eigenvalue weighted by atomic mass is 9.99. The van der Waals surface area contributed by atoms with Gasteiger partial charge < -0.3 is 10.4 Å².